The Hall–Kier alpha value is -4.35. The Morgan fingerprint density at radius 3 is 2.00 bits per heavy atom. The Kier molecular flexibility index (Phi) is 10.6. The van der Waals surface area contributed by atoms with Crippen LogP contribution in [0.1, 0.15) is 22.3 Å². The number of carbonyl (C=O) groups is 2. The van der Waals surface area contributed by atoms with Gasteiger partial charge in [0.2, 0.25) is 11.8 Å². The van der Waals surface area contributed by atoms with Gasteiger partial charge >= 0.3 is 6.18 Å². The van der Waals surface area contributed by atoms with Gasteiger partial charge in [-0.2, -0.15) is 13.2 Å². The third-order valence-electron chi connectivity index (χ3n) is 7.14. The first kappa shape index (κ1) is 33.5. The fourth-order valence-electron chi connectivity index (χ4n) is 4.75. The summed E-state index contributed by atoms with van der Waals surface area (Å²) in [4.78, 5) is 28.5. The number of sulfonamides is 1. The average Bonchev–Trinajstić information content (AvgIpc) is 3.02. The highest BCUT2D eigenvalue weighted by Crippen LogP contribution is 2.38. The second kappa shape index (κ2) is 14.2. The molecule has 1 N–H and O–H groups in total. The highest BCUT2D eigenvalue weighted by atomic mass is 35.5. The fraction of sp³-hybridized carbons (Fsp3) is 0.212. The topological polar surface area (TPSA) is 86.8 Å². The molecule has 0 saturated heterocycles. The van der Waals surface area contributed by atoms with Crippen LogP contribution in [-0.2, 0) is 38.8 Å². The Labute approximate surface area is 265 Å². The van der Waals surface area contributed by atoms with Crippen molar-refractivity contribution in [1.82, 2.24) is 10.2 Å². The number of rotatable bonds is 11. The van der Waals surface area contributed by atoms with Gasteiger partial charge in [-0.15, -0.1) is 0 Å². The predicted molar refractivity (Wildman–Crippen MR) is 167 cm³/mol. The standard InChI is InChI=1S/C33H31ClF3N3O4S/c1-23-13-16-27(17-14-23)45(43,44)40(26-15-18-29(34)28(20-26)33(35,36)37)22-31(41)39(21-25-11-7-4-8-12-25)30(32(42)38-2)19-24-9-5-3-6-10-24/h3-18,20,30H,19,21-22H2,1-2H3,(H,38,42)/t30-/m0/s1. The molecule has 0 unspecified atom stereocenters. The van der Waals surface area contributed by atoms with Crippen LogP contribution in [0.2, 0.25) is 5.02 Å². The first-order valence-electron chi connectivity index (χ1n) is 13.9. The maximum atomic E-state index is 14.3. The molecule has 0 aromatic heterocycles. The lowest BCUT2D eigenvalue weighted by Gasteiger charge is -2.33. The van der Waals surface area contributed by atoms with Crippen LogP contribution in [0.25, 0.3) is 0 Å². The molecule has 12 heteroatoms. The van der Waals surface area contributed by atoms with Gasteiger partial charge in [0.05, 0.1) is 21.2 Å². The van der Waals surface area contributed by atoms with Gasteiger partial charge in [-0.25, -0.2) is 8.42 Å². The number of likely N-dealkylation sites (N-methyl/N-ethyl adjacent to an activating group) is 1. The lowest BCUT2D eigenvalue weighted by molar-refractivity contribution is -0.139. The molecule has 0 heterocycles. The quantitative estimate of drug-likeness (QED) is 0.207. The number of hydrogen-bond donors (Lipinski definition) is 1. The van der Waals surface area contributed by atoms with E-state index in [2.05, 4.69) is 5.32 Å². The highest BCUT2D eigenvalue weighted by Gasteiger charge is 2.37. The van der Waals surface area contributed by atoms with Crippen LogP contribution < -0.4 is 9.62 Å². The van der Waals surface area contributed by atoms with E-state index in [1.807, 2.05) is 0 Å². The van der Waals surface area contributed by atoms with Crippen molar-refractivity contribution in [1.29, 1.82) is 0 Å². The zero-order valence-electron chi connectivity index (χ0n) is 24.5. The zero-order chi connectivity index (χ0) is 32.8. The molecule has 0 radical (unpaired) electrons. The maximum absolute atomic E-state index is 14.3. The molecule has 0 saturated carbocycles. The molecule has 0 fully saturated rings. The number of hydrogen-bond acceptors (Lipinski definition) is 4. The molecule has 4 aromatic rings. The number of nitrogens with one attached hydrogen (secondary N) is 1. The minimum atomic E-state index is -4.89. The summed E-state index contributed by atoms with van der Waals surface area (Å²) in [5, 5.41) is 1.95. The lowest BCUT2D eigenvalue weighted by atomic mass is 10.0. The summed E-state index contributed by atoms with van der Waals surface area (Å²) in [6, 6.07) is 25.0. The molecule has 4 aromatic carbocycles. The summed E-state index contributed by atoms with van der Waals surface area (Å²) in [7, 11) is -3.16. The Bertz CT molecular complexity index is 1740. The molecular formula is C33H31ClF3N3O4S. The van der Waals surface area contributed by atoms with E-state index in [4.69, 9.17) is 11.6 Å². The first-order chi connectivity index (χ1) is 21.3. The van der Waals surface area contributed by atoms with Crippen LogP contribution in [-0.4, -0.2) is 44.8 Å². The van der Waals surface area contributed by atoms with Crippen LogP contribution in [0.3, 0.4) is 0 Å². The average molecular weight is 658 g/mol. The van der Waals surface area contributed by atoms with E-state index in [1.54, 1.807) is 79.7 Å². The number of carbonyl (C=O) groups excluding carboxylic acids is 2. The molecule has 236 valence electrons. The molecule has 7 nitrogen and oxygen atoms in total. The molecule has 0 bridgehead atoms. The van der Waals surface area contributed by atoms with E-state index in [0.29, 0.717) is 15.9 Å². The molecule has 45 heavy (non-hydrogen) atoms. The number of benzene rings is 4. The van der Waals surface area contributed by atoms with Gasteiger partial charge in [-0.3, -0.25) is 13.9 Å². The maximum Gasteiger partial charge on any atom is 0.417 e. The normalized spacial score (nSPS) is 12.3. The predicted octanol–water partition coefficient (Wildman–Crippen LogP) is 6.25. The van der Waals surface area contributed by atoms with Crippen LogP contribution >= 0.6 is 11.6 Å². The first-order valence-corrected chi connectivity index (χ1v) is 15.7. The summed E-state index contributed by atoms with van der Waals surface area (Å²) in [5.74, 6) is -1.30. The van der Waals surface area contributed by atoms with E-state index < -0.39 is 56.9 Å². The van der Waals surface area contributed by atoms with E-state index >= 15 is 0 Å². The van der Waals surface area contributed by atoms with Gasteiger partial charge in [0.15, 0.2) is 0 Å². The minimum absolute atomic E-state index is 0.0720. The summed E-state index contributed by atoms with van der Waals surface area (Å²) >= 11 is 5.84. The van der Waals surface area contributed by atoms with Gasteiger partial charge < -0.3 is 10.2 Å². The molecule has 0 aliphatic rings. The number of aryl methyl sites for hydroxylation is 1. The summed E-state index contributed by atoms with van der Waals surface area (Å²) in [6.45, 7) is 0.779. The lowest BCUT2D eigenvalue weighted by Crippen LogP contribution is -2.53. The van der Waals surface area contributed by atoms with Gasteiger partial charge in [0.1, 0.15) is 12.6 Å². The number of halogens is 4. The molecule has 0 aliphatic carbocycles. The van der Waals surface area contributed by atoms with Gasteiger partial charge in [-0.05, 0) is 48.4 Å². The van der Waals surface area contributed by atoms with Crippen LogP contribution in [0.5, 0.6) is 0 Å². The molecule has 0 aliphatic heterocycles. The third-order valence-corrected chi connectivity index (χ3v) is 9.26. The number of amides is 2. The van der Waals surface area contributed by atoms with E-state index in [1.165, 1.54) is 24.1 Å². The highest BCUT2D eigenvalue weighted by molar-refractivity contribution is 7.92. The van der Waals surface area contributed by atoms with Crippen LogP contribution in [0.15, 0.2) is 108 Å². The van der Waals surface area contributed by atoms with E-state index in [9.17, 15) is 31.2 Å². The zero-order valence-corrected chi connectivity index (χ0v) is 26.0. The Balaban J connectivity index is 1.84. The fourth-order valence-corrected chi connectivity index (χ4v) is 6.38. The molecule has 0 spiro atoms. The van der Waals surface area contributed by atoms with Crippen molar-refractivity contribution in [3.8, 4) is 0 Å². The second-order valence-electron chi connectivity index (χ2n) is 10.3. The Morgan fingerprint density at radius 2 is 1.44 bits per heavy atom. The van der Waals surface area contributed by atoms with Crippen LogP contribution in [0, 0.1) is 6.92 Å². The number of anilines is 1. The monoisotopic (exact) mass is 657 g/mol. The number of nitrogens with zero attached hydrogens (tertiary/aromatic N) is 2. The van der Waals surface area contributed by atoms with E-state index in [0.717, 1.165) is 23.3 Å². The van der Waals surface area contributed by atoms with Crippen molar-refractivity contribution in [2.75, 3.05) is 17.9 Å². The summed E-state index contributed by atoms with van der Waals surface area (Å²) < 4.78 is 70.2. The van der Waals surface area contributed by atoms with Crippen molar-refractivity contribution >= 4 is 39.1 Å². The molecule has 2 amide bonds. The van der Waals surface area contributed by atoms with Gasteiger partial charge in [-0.1, -0.05) is 90.0 Å². The summed E-state index contributed by atoms with van der Waals surface area (Å²) in [5.41, 5.74) is 0.484. The smallest absolute Gasteiger partial charge is 0.357 e. The van der Waals surface area contributed by atoms with Crippen molar-refractivity contribution in [3.63, 3.8) is 0 Å². The number of alkyl halides is 3. The van der Waals surface area contributed by atoms with Crippen molar-refractivity contribution in [3.05, 3.63) is 130 Å². The van der Waals surface area contributed by atoms with Crippen molar-refractivity contribution in [2.45, 2.75) is 37.0 Å². The third kappa shape index (κ3) is 8.23. The van der Waals surface area contributed by atoms with Gasteiger partial charge in [0.25, 0.3) is 10.0 Å². The van der Waals surface area contributed by atoms with Crippen LogP contribution in [0.4, 0.5) is 18.9 Å². The van der Waals surface area contributed by atoms with E-state index in [-0.39, 0.29) is 17.9 Å². The van der Waals surface area contributed by atoms with Crippen molar-refractivity contribution in [2.24, 2.45) is 0 Å². The Morgan fingerprint density at radius 1 is 0.867 bits per heavy atom. The molecular weight excluding hydrogens is 627 g/mol. The largest absolute Gasteiger partial charge is 0.417 e. The van der Waals surface area contributed by atoms with Crippen molar-refractivity contribution < 1.29 is 31.2 Å². The SMILES string of the molecule is CNC(=O)[C@H](Cc1ccccc1)N(Cc1ccccc1)C(=O)CN(c1ccc(Cl)c(C(F)(F)F)c1)S(=O)(=O)c1ccc(C)cc1. The molecule has 1 atom stereocenters. The molecule has 4 rings (SSSR count). The minimum Gasteiger partial charge on any atom is -0.357 e. The second-order valence-corrected chi connectivity index (χ2v) is 12.6. The van der Waals surface area contributed by atoms with Gasteiger partial charge in [0, 0.05) is 20.0 Å². The summed E-state index contributed by atoms with van der Waals surface area (Å²) in [6.07, 6.45) is -4.79.